The molecule has 0 aromatic carbocycles. The molecule has 104 valence electrons. The number of nitrogens with two attached hydrogens (primary N) is 1. The van der Waals surface area contributed by atoms with E-state index in [4.69, 9.17) is 5.73 Å². The Morgan fingerprint density at radius 2 is 2.17 bits per heavy atom. The quantitative estimate of drug-likeness (QED) is 0.598. The van der Waals surface area contributed by atoms with E-state index in [2.05, 4.69) is 16.0 Å². The minimum absolute atomic E-state index is 0.257. The van der Waals surface area contributed by atoms with Gasteiger partial charge in [-0.05, 0) is 30.9 Å². The van der Waals surface area contributed by atoms with Crippen LogP contribution in [0.1, 0.15) is 25.0 Å². The highest BCUT2D eigenvalue weighted by Gasteiger charge is 2.14. The van der Waals surface area contributed by atoms with Crippen molar-refractivity contribution in [3.05, 3.63) is 18.0 Å². The van der Waals surface area contributed by atoms with E-state index in [9.17, 15) is 8.42 Å². The van der Waals surface area contributed by atoms with Crippen molar-refractivity contribution < 1.29 is 8.42 Å². The number of aromatic amines is 1. The standard InChI is InChI=1S/C11H21N3O2S2/c1-17-6-4-2-3-5-14-18(15,16)11-7-10(8-12)13-9-11/h7,9,13-14H,2-6,8,12H2,1H3. The van der Waals surface area contributed by atoms with E-state index >= 15 is 0 Å². The minimum Gasteiger partial charge on any atom is -0.363 e. The first-order chi connectivity index (χ1) is 8.60. The maximum Gasteiger partial charge on any atom is 0.242 e. The van der Waals surface area contributed by atoms with Gasteiger partial charge in [-0.3, -0.25) is 0 Å². The molecular formula is C11H21N3O2S2. The zero-order valence-electron chi connectivity index (χ0n) is 10.6. The average molecular weight is 291 g/mol. The Hall–Kier alpha value is -0.500. The summed E-state index contributed by atoms with van der Waals surface area (Å²) in [6.45, 7) is 0.796. The van der Waals surface area contributed by atoms with Gasteiger partial charge < -0.3 is 10.7 Å². The first-order valence-electron chi connectivity index (χ1n) is 5.96. The predicted octanol–water partition coefficient (Wildman–Crippen LogP) is 1.28. The van der Waals surface area contributed by atoms with Crippen LogP contribution in [0.3, 0.4) is 0 Å². The molecule has 18 heavy (non-hydrogen) atoms. The van der Waals surface area contributed by atoms with Crippen molar-refractivity contribution in [3.8, 4) is 0 Å². The first-order valence-corrected chi connectivity index (χ1v) is 8.84. The molecule has 1 rings (SSSR count). The van der Waals surface area contributed by atoms with E-state index in [1.807, 2.05) is 11.8 Å². The van der Waals surface area contributed by atoms with Gasteiger partial charge >= 0.3 is 0 Å². The molecule has 7 heteroatoms. The molecule has 1 aromatic rings. The zero-order valence-corrected chi connectivity index (χ0v) is 12.2. The smallest absolute Gasteiger partial charge is 0.242 e. The summed E-state index contributed by atoms with van der Waals surface area (Å²) in [7, 11) is -3.38. The van der Waals surface area contributed by atoms with Crippen molar-refractivity contribution in [2.45, 2.75) is 30.7 Å². The van der Waals surface area contributed by atoms with Crippen LogP contribution in [0.4, 0.5) is 0 Å². The molecule has 0 spiro atoms. The maximum atomic E-state index is 11.9. The summed E-state index contributed by atoms with van der Waals surface area (Å²) in [6.07, 6.45) is 6.59. The summed E-state index contributed by atoms with van der Waals surface area (Å²) in [5.41, 5.74) is 6.14. The summed E-state index contributed by atoms with van der Waals surface area (Å²) in [5.74, 6) is 1.13. The van der Waals surface area contributed by atoms with Gasteiger partial charge in [0.15, 0.2) is 0 Å². The fourth-order valence-electron chi connectivity index (χ4n) is 1.53. The highest BCUT2D eigenvalue weighted by atomic mass is 32.2. The molecule has 0 saturated heterocycles. The summed E-state index contributed by atoms with van der Waals surface area (Å²) in [4.78, 5) is 3.09. The molecule has 0 radical (unpaired) electrons. The summed E-state index contributed by atoms with van der Waals surface area (Å²) < 4.78 is 26.3. The Kier molecular flexibility index (Phi) is 6.77. The van der Waals surface area contributed by atoms with E-state index in [1.165, 1.54) is 6.20 Å². The van der Waals surface area contributed by atoms with Crippen molar-refractivity contribution in [1.29, 1.82) is 0 Å². The fraction of sp³-hybridized carbons (Fsp3) is 0.636. The number of sulfonamides is 1. The highest BCUT2D eigenvalue weighted by molar-refractivity contribution is 7.98. The number of aromatic nitrogens is 1. The lowest BCUT2D eigenvalue weighted by Crippen LogP contribution is -2.24. The number of nitrogens with one attached hydrogen (secondary N) is 2. The molecule has 4 N–H and O–H groups in total. The molecule has 0 unspecified atom stereocenters. The van der Waals surface area contributed by atoms with Crippen LogP contribution in [0.15, 0.2) is 17.2 Å². The number of H-pyrrole nitrogens is 1. The van der Waals surface area contributed by atoms with E-state index < -0.39 is 10.0 Å². The van der Waals surface area contributed by atoms with E-state index in [0.29, 0.717) is 13.1 Å². The SMILES string of the molecule is CSCCCCCNS(=O)(=O)c1c[nH]c(CN)c1. The monoisotopic (exact) mass is 291 g/mol. The normalized spacial score (nSPS) is 11.9. The molecule has 1 heterocycles. The second kappa shape index (κ2) is 7.83. The second-order valence-corrected chi connectivity index (χ2v) is 6.77. The summed E-state index contributed by atoms with van der Waals surface area (Å²) >= 11 is 1.81. The van der Waals surface area contributed by atoms with Gasteiger partial charge in [-0.2, -0.15) is 11.8 Å². The summed E-state index contributed by atoms with van der Waals surface area (Å²) in [5, 5.41) is 0. The van der Waals surface area contributed by atoms with Gasteiger partial charge in [0.1, 0.15) is 0 Å². The van der Waals surface area contributed by atoms with Gasteiger partial charge in [0.05, 0.1) is 4.90 Å². The Labute approximate surface area is 113 Å². The Balaban J connectivity index is 2.36. The van der Waals surface area contributed by atoms with Crippen LogP contribution in [0, 0.1) is 0 Å². The summed E-state index contributed by atoms with van der Waals surface area (Å²) in [6, 6.07) is 1.57. The topological polar surface area (TPSA) is 88.0 Å². The minimum atomic E-state index is -3.38. The number of unbranched alkanes of at least 4 members (excludes halogenated alkanes) is 2. The molecule has 0 atom stereocenters. The van der Waals surface area contributed by atoms with Crippen molar-refractivity contribution in [1.82, 2.24) is 9.71 Å². The Morgan fingerprint density at radius 3 is 2.78 bits per heavy atom. The van der Waals surface area contributed by atoms with Crippen LogP contribution in [-0.2, 0) is 16.6 Å². The van der Waals surface area contributed by atoms with Crippen molar-refractivity contribution in [2.24, 2.45) is 5.73 Å². The van der Waals surface area contributed by atoms with Gasteiger partial charge in [-0.1, -0.05) is 6.42 Å². The lowest BCUT2D eigenvalue weighted by molar-refractivity contribution is 0.576. The second-order valence-electron chi connectivity index (χ2n) is 4.02. The number of hydrogen-bond donors (Lipinski definition) is 3. The van der Waals surface area contributed by atoms with E-state index in [0.717, 1.165) is 30.7 Å². The molecule has 0 aliphatic carbocycles. The van der Waals surface area contributed by atoms with Crippen molar-refractivity contribution >= 4 is 21.8 Å². The molecule has 0 saturated carbocycles. The van der Waals surface area contributed by atoms with Gasteiger partial charge in [-0.15, -0.1) is 0 Å². The molecule has 0 aliphatic rings. The molecule has 1 aromatic heterocycles. The molecule has 5 nitrogen and oxygen atoms in total. The van der Waals surface area contributed by atoms with Crippen molar-refractivity contribution in [2.75, 3.05) is 18.6 Å². The third kappa shape index (κ3) is 5.01. The molecule has 0 amide bonds. The van der Waals surface area contributed by atoms with Gasteiger partial charge in [-0.25, -0.2) is 13.1 Å². The lowest BCUT2D eigenvalue weighted by atomic mass is 10.2. The third-order valence-corrected chi connectivity index (χ3v) is 4.70. The predicted molar refractivity (Wildman–Crippen MR) is 76.1 cm³/mol. The molecule has 0 fully saturated rings. The first kappa shape index (κ1) is 15.6. The lowest BCUT2D eigenvalue weighted by Gasteiger charge is -2.04. The molecular weight excluding hydrogens is 270 g/mol. The highest BCUT2D eigenvalue weighted by Crippen LogP contribution is 2.10. The zero-order chi connectivity index (χ0) is 13.4. The number of rotatable bonds is 9. The van der Waals surface area contributed by atoms with Gasteiger partial charge in [0, 0.05) is 25.0 Å². The average Bonchev–Trinajstić information content (AvgIpc) is 2.83. The Morgan fingerprint density at radius 1 is 1.39 bits per heavy atom. The largest absolute Gasteiger partial charge is 0.363 e. The van der Waals surface area contributed by atoms with E-state index in [-0.39, 0.29) is 4.90 Å². The third-order valence-electron chi connectivity index (χ3n) is 2.56. The number of hydrogen-bond acceptors (Lipinski definition) is 4. The Bertz CT molecular complexity index is 443. The molecule has 0 bridgehead atoms. The van der Waals surface area contributed by atoms with E-state index in [1.54, 1.807) is 6.07 Å². The fourth-order valence-corrected chi connectivity index (χ4v) is 3.11. The molecule has 0 aliphatic heterocycles. The van der Waals surface area contributed by atoms with Crippen molar-refractivity contribution in [3.63, 3.8) is 0 Å². The van der Waals surface area contributed by atoms with Crippen LogP contribution in [0.25, 0.3) is 0 Å². The maximum absolute atomic E-state index is 11.9. The van der Waals surface area contributed by atoms with Gasteiger partial charge in [0.2, 0.25) is 10.0 Å². The number of thioether (sulfide) groups is 1. The van der Waals surface area contributed by atoms with Crippen LogP contribution >= 0.6 is 11.8 Å². The van der Waals surface area contributed by atoms with Gasteiger partial charge in [0.25, 0.3) is 0 Å². The van der Waals surface area contributed by atoms with Crippen LogP contribution in [0.5, 0.6) is 0 Å². The van der Waals surface area contributed by atoms with Crippen LogP contribution in [0.2, 0.25) is 0 Å². The van der Waals surface area contributed by atoms with Crippen LogP contribution < -0.4 is 10.5 Å². The van der Waals surface area contributed by atoms with Crippen LogP contribution in [-0.4, -0.2) is 32.0 Å².